The molecule has 0 saturated heterocycles. The Morgan fingerprint density at radius 2 is 2.27 bits per heavy atom. The second kappa shape index (κ2) is 5.16. The summed E-state index contributed by atoms with van der Waals surface area (Å²) < 4.78 is 5.63. The summed E-state index contributed by atoms with van der Waals surface area (Å²) in [7, 11) is 0. The highest BCUT2D eigenvalue weighted by Crippen LogP contribution is 2.32. The van der Waals surface area contributed by atoms with Crippen LogP contribution in [0.5, 0.6) is 5.75 Å². The van der Waals surface area contributed by atoms with Crippen LogP contribution >= 0.6 is 0 Å². The lowest BCUT2D eigenvalue weighted by molar-refractivity contribution is -0.126. The number of ether oxygens (including phenoxy) is 1. The minimum Gasteiger partial charge on any atom is -0.491 e. The highest BCUT2D eigenvalue weighted by atomic mass is 16.5. The van der Waals surface area contributed by atoms with E-state index in [1.807, 2.05) is 31.2 Å². The van der Waals surface area contributed by atoms with Crippen molar-refractivity contribution in [2.45, 2.75) is 32.2 Å². The van der Waals surface area contributed by atoms with Crippen LogP contribution in [0.25, 0.3) is 0 Å². The molecule has 0 bridgehead atoms. The zero-order chi connectivity index (χ0) is 15.1. The van der Waals surface area contributed by atoms with Gasteiger partial charge in [0.15, 0.2) is 0 Å². The van der Waals surface area contributed by atoms with E-state index in [0.717, 1.165) is 47.8 Å². The number of hydrogen-bond donors (Lipinski definition) is 2. The number of benzene rings is 1. The van der Waals surface area contributed by atoms with Crippen LogP contribution in [0.15, 0.2) is 24.3 Å². The van der Waals surface area contributed by atoms with Crippen molar-refractivity contribution >= 4 is 5.91 Å². The fourth-order valence-corrected chi connectivity index (χ4v) is 3.42. The number of rotatable bonds is 2. The Kier molecular flexibility index (Phi) is 3.13. The summed E-state index contributed by atoms with van der Waals surface area (Å²) in [4.78, 5) is 20.3. The average Bonchev–Trinajstić information content (AvgIpc) is 3.09. The van der Waals surface area contributed by atoms with Crippen molar-refractivity contribution in [1.29, 1.82) is 0 Å². The predicted molar refractivity (Wildman–Crippen MR) is 81.7 cm³/mol. The lowest BCUT2D eigenvalue weighted by atomic mass is 9.89. The van der Waals surface area contributed by atoms with E-state index in [1.54, 1.807) is 0 Å². The van der Waals surface area contributed by atoms with E-state index in [2.05, 4.69) is 15.3 Å². The van der Waals surface area contributed by atoms with Crippen LogP contribution in [0, 0.1) is 12.8 Å². The number of hydrogen-bond acceptors (Lipinski definition) is 3. The van der Waals surface area contributed by atoms with Crippen molar-refractivity contribution in [1.82, 2.24) is 15.3 Å². The Labute approximate surface area is 129 Å². The van der Waals surface area contributed by atoms with E-state index in [9.17, 15) is 4.79 Å². The van der Waals surface area contributed by atoms with E-state index in [-0.39, 0.29) is 17.9 Å². The molecule has 1 aromatic heterocycles. The van der Waals surface area contributed by atoms with Crippen LogP contribution in [0.3, 0.4) is 0 Å². The summed E-state index contributed by atoms with van der Waals surface area (Å²) in [6.07, 6.45) is 2.48. The molecule has 2 aromatic rings. The number of nitrogens with zero attached hydrogens (tertiary/aromatic N) is 1. The molecule has 5 heteroatoms. The van der Waals surface area contributed by atoms with Crippen molar-refractivity contribution in [2.24, 2.45) is 5.92 Å². The van der Waals surface area contributed by atoms with Gasteiger partial charge in [-0.2, -0.15) is 0 Å². The van der Waals surface area contributed by atoms with Crippen LogP contribution in [-0.4, -0.2) is 22.5 Å². The molecular formula is C17H19N3O2. The molecule has 5 nitrogen and oxygen atoms in total. The maximum Gasteiger partial charge on any atom is 0.224 e. The number of imidazole rings is 1. The molecule has 2 heterocycles. The summed E-state index contributed by atoms with van der Waals surface area (Å²) in [5.74, 6) is 1.94. The molecule has 2 aliphatic rings. The minimum absolute atomic E-state index is 0.0140. The third-order valence-corrected chi connectivity index (χ3v) is 4.55. The summed E-state index contributed by atoms with van der Waals surface area (Å²) in [6.45, 7) is 2.48. The van der Waals surface area contributed by atoms with Crippen LogP contribution in [-0.2, 0) is 17.6 Å². The molecule has 0 fully saturated rings. The third-order valence-electron chi connectivity index (χ3n) is 4.55. The molecule has 1 aliphatic heterocycles. The van der Waals surface area contributed by atoms with Gasteiger partial charge in [0.05, 0.1) is 11.7 Å². The van der Waals surface area contributed by atoms with Crippen LogP contribution < -0.4 is 10.1 Å². The molecule has 0 saturated carbocycles. The molecule has 1 aromatic carbocycles. The highest BCUT2D eigenvalue weighted by Gasteiger charge is 2.31. The van der Waals surface area contributed by atoms with Crippen molar-refractivity contribution in [3.05, 3.63) is 47.0 Å². The van der Waals surface area contributed by atoms with Gasteiger partial charge in [0, 0.05) is 23.6 Å². The first-order chi connectivity index (χ1) is 10.7. The molecule has 4 rings (SSSR count). The fraction of sp³-hybridized carbons (Fsp3) is 0.412. The minimum atomic E-state index is -0.0337. The maximum atomic E-state index is 12.6. The Hall–Kier alpha value is -2.30. The van der Waals surface area contributed by atoms with Gasteiger partial charge in [-0.15, -0.1) is 0 Å². The van der Waals surface area contributed by atoms with Gasteiger partial charge in [-0.3, -0.25) is 4.79 Å². The Balaban J connectivity index is 1.46. The van der Waals surface area contributed by atoms with E-state index >= 15 is 0 Å². The van der Waals surface area contributed by atoms with E-state index < -0.39 is 0 Å². The van der Waals surface area contributed by atoms with Crippen molar-refractivity contribution < 1.29 is 9.53 Å². The van der Waals surface area contributed by atoms with Crippen LogP contribution in [0.4, 0.5) is 0 Å². The molecule has 0 unspecified atom stereocenters. The lowest BCUT2D eigenvalue weighted by Gasteiger charge is -2.22. The number of aromatic amines is 1. The number of carbonyl (C=O) groups is 1. The van der Waals surface area contributed by atoms with E-state index in [4.69, 9.17) is 4.74 Å². The summed E-state index contributed by atoms with van der Waals surface area (Å²) >= 11 is 0. The quantitative estimate of drug-likeness (QED) is 0.892. The number of H-pyrrole nitrogens is 1. The first-order valence-corrected chi connectivity index (χ1v) is 7.77. The number of carbonyl (C=O) groups excluding carboxylic acids is 1. The second-order valence-corrected chi connectivity index (χ2v) is 6.10. The van der Waals surface area contributed by atoms with Gasteiger partial charge in [0.25, 0.3) is 0 Å². The van der Waals surface area contributed by atoms with Crippen molar-refractivity contribution in [3.63, 3.8) is 0 Å². The van der Waals surface area contributed by atoms with Gasteiger partial charge in [-0.05, 0) is 25.8 Å². The first kappa shape index (κ1) is 13.4. The van der Waals surface area contributed by atoms with Gasteiger partial charge >= 0.3 is 0 Å². The highest BCUT2D eigenvalue weighted by molar-refractivity contribution is 5.80. The number of fused-ring (bicyclic) bond motifs is 2. The largest absolute Gasteiger partial charge is 0.491 e. The number of amides is 1. The number of aromatic nitrogens is 2. The molecule has 114 valence electrons. The topological polar surface area (TPSA) is 67.0 Å². The average molecular weight is 297 g/mol. The number of para-hydroxylation sites is 1. The van der Waals surface area contributed by atoms with Gasteiger partial charge < -0.3 is 15.0 Å². The van der Waals surface area contributed by atoms with E-state index in [1.165, 1.54) is 0 Å². The molecule has 1 amide bonds. The summed E-state index contributed by atoms with van der Waals surface area (Å²) in [6, 6.07) is 7.86. The Bertz CT molecular complexity index is 722. The second-order valence-electron chi connectivity index (χ2n) is 6.10. The third kappa shape index (κ3) is 2.26. The fourth-order valence-electron chi connectivity index (χ4n) is 3.42. The zero-order valence-corrected chi connectivity index (χ0v) is 12.6. The van der Waals surface area contributed by atoms with Crippen molar-refractivity contribution in [2.75, 3.05) is 6.61 Å². The lowest BCUT2D eigenvalue weighted by Crippen LogP contribution is -2.37. The van der Waals surface area contributed by atoms with Gasteiger partial charge in [0.2, 0.25) is 5.91 Å². The van der Waals surface area contributed by atoms with Gasteiger partial charge in [0.1, 0.15) is 18.2 Å². The monoisotopic (exact) mass is 297 g/mol. The Morgan fingerprint density at radius 3 is 3.18 bits per heavy atom. The molecular weight excluding hydrogens is 278 g/mol. The summed E-state index contributed by atoms with van der Waals surface area (Å²) in [5.41, 5.74) is 3.31. The summed E-state index contributed by atoms with van der Waals surface area (Å²) in [5, 5.41) is 3.14. The predicted octanol–water partition coefficient (Wildman–Crippen LogP) is 2.07. The first-order valence-electron chi connectivity index (χ1n) is 7.77. The van der Waals surface area contributed by atoms with Crippen molar-refractivity contribution in [3.8, 4) is 5.75 Å². The Morgan fingerprint density at radius 1 is 1.41 bits per heavy atom. The van der Waals surface area contributed by atoms with Gasteiger partial charge in [-0.25, -0.2) is 4.98 Å². The van der Waals surface area contributed by atoms with E-state index in [0.29, 0.717) is 6.61 Å². The molecule has 22 heavy (non-hydrogen) atoms. The van der Waals surface area contributed by atoms with Gasteiger partial charge in [-0.1, -0.05) is 18.2 Å². The zero-order valence-electron chi connectivity index (χ0n) is 12.6. The van der Waals surface area contributed by atoms with Crippen LogP contribution in [0.1, 0.15) is 35.2 Å². The maximum absolute atomic E-state index is 12.6. The molecule has 0 spiro atoms. The SMILES string of the molecule is Cc1nc2c([nH]1)C[C@@H](C(=O)N[C@H]1COc3ccccc31)CC2. The van der Waals surface area contributed by atoms with Crippen LogP contribution in [0.2, 0.25) is 0 Å². The standard InChI is InChI=1S/C17H19N3O2/c1-10-18-13-7-6-11(8-14(13)19-10)17(21)20-15-9-22-16-5-3-2-4-12(15)16/h2-5,11,15H,6-9H2,1H3,(H,18,19)(H,20,21)/t11-,15-/m0/s1. The molecule has 0 radical (unpaired) electrons. The molecule has 1 aliphatic carbocycles. The normalized spacial score (nSPS) is 22.6. The number of aryl methyl sites for hydroxylation is 2. The smallest absolute Gasteiger partial charge is 0.224 e. The number of nitrogens with one attached hydrogen (secondary N) is 2. The molecule has 2 N–H and O–H groups in total. The molecule has 2 atom stereocenters.